The van der Waals surface area contributed by atoms with Crippen LogP contribution in [0.1, 0.15) is 30.1 Å². The number of nitrogens with zero attached hydrogens (tertiary/aromatic N) is 1. The summed E-state index contributed by atoms with van der Waals surface area (Å²) in [5.41, 5.74) is 0.509. The Kier molecular flexibility index (Phi) is 6.60. The van der Waals surface area contributed by atoms with Crippen molar-refractivity contribution in [2.24, 2.45) is 0 Å². The molecule has 0 fully saturated rings. The van der Waals surface area contributed by atoms with Crippen LogP contribution in [0.2, 0.25) is 0 Å². The monoisotopic (exact) mass is 292 g/mol. The van der Waals surface area contributed by atoms with E-state index in [4.69, 9.17) is 10.4 Å². The summed E-state index contributed by atoms with van der Waals surface area (Å²) in [4.78, 5) is 23.4. The minimum atomic E-state index is -0.879. The number of benzene rings is 1. The van der Waals surface area contributed by atoms with Crippen LogP contribution in [0.3, 0.4) is 0 Å². The molecular formula is C14H16N2O3S. The van der Waals surface area contributed by atoms with Crippen molar-refractivity contribution in [1.29, 1.82) is 5.26 Å². The fourth-order valence-corrected chi connectivity index (χ4v) is 2.31. The molecule has 20 heavy (non-hydrogen) atoms. The number of hydrogen-bond acceptors (Lipinski definition) is 4. The van der Waals surface area contributed by atoms with Crippen LogP contribution >= 0.6 is 11.8 Å². The first-order chi connectivity index (χ1) is 9.54. The summed E-state index contributed by atoms with van der Waals surface area (Å²) < 4.78 is 0. The van der Waals surface area contributed by atoms with E-state index in [2.05, 4.69) is 5.32 Å². The van der Waals surface area contributed by atoms with E-state index in [0.29, 0.717) is 12.0 Å². The highest BCUT2D eigenvalue weighted by Crippen LogP contribution is 2.22. The van der Waals surface area contributed by atoms with Gasteiger partial charge >= 0.3 is 5.97 Å². The van der Waals surface area contributed by atoms with E-state index < -0.39 is 5.97 Å². The van der Waals surface area contributed by atoms with E-state index in [1.807, 2.05) is 12.1 Å². The maximum absolute atomic E-state index is 12.1. The van der Waals surface area contributed by atoms with Gasteiger partial charge in [-0.05, 0) is 25.5 Å². The maximum atomic E-state index is 12.1. The van der Waals surface area contributed by atoms with Gasteiger partial charge in [0, 0.05) is 17.4 Å². The van der Waals surface area contributed by atoms with Crippen LogP contribution in [0.15, 0.2) is 29.2 Å². The summed E-state index contributed by atoms with van der Waals surface area (Å²) in [6.07, 6.45) is 0.404. The van der Waals surface area contributed by atoms with Crippen LogP contribution in [0, 0.1) is 11.3 Å². The lowest BCUT2D eigenvalue weighted by Crippen LogP contribution is -2.33. The molecule has 0 aliphatic carbocycles. The predicted octanol–water partition coefficient (Wildman–Crippen LogP) is 2.29. The molecule has 1 rings (SSSR count). The van der Waals surface area contributed by atoms with Crippen LogP contribution in [0.25, 0.3) is 0 Å². The van der Waals surface area contributed by atoms with E-state index in [0.717, 1.165) is 4.90 Å². The highest BCUT2D eigenvalue weighted by molar-refractivity contribution is 7.99. The molecule has 1 aromatic carbocycles. The zero-order valence-corrected chi connectivity index (χ0v) is 11.9. The Bertz CT molecular complexity index is 525. The molecular weight excluding hydrogens is 276 g/mol. The molecule has 0 aliphatic heterocycles. The van der Waals surface area contributed by atoms with E-state index in [1.165, 1.54) is 11.8 Å². The van der Waals surface area contributed by atoms with Gasteiger partial charge in [-0.3, -0.25) is 9.59 Å². The molecule has 5 nitrogen and oxygen atoms in total. The third kappa shape index (κ3) is 5.33. The molecule has 1 unspecified atom stereocenters. The average Bonchev–Trinajstić information content (AvgIpc) is 2.43. The third-order valence-corrected chi connectivity index (χ3v) is 3.53. The number of rotatable bonds is 7. The Hall–Kier alpha value is -2.00. The van der Waals surface area contributed by atoms with Gasteiger partial charge in [0.25, 0.3) is 5.91 Å². The molecule has 1 aromatic rings. The summed E-state index contributed by atoms with van der Waals surface area (Å²) in [6.45, 7) is 1.77. The molecule has 0 aliphatic rings. The van der Waals surface area contributed by atoms with Crippen molar-refractivity contribution in [3.63, 3.8) is 0 Å². The Morgan fingerprint density at radius 3 is 2.80 bits per heavy atom. The number of aliphatic carboxylic acids is 1. The van der Waals surface area contributed by atoms with Crippen molar-refractivity contribution >= 4 is 23.6 Å². The van der Waals surface area contributed by atoms with Gasteiger partial charge in [-0.2, -0.15) is 5.26 Å². The second kappa shape index (κ2) is 8.23. The lowest BCUT2D eigenvalue weighted by atomic mass is 10.1. The summed E-state index contributed by atoms with van der Waals surface area (Å²) in [5, 5.41) is 20.0. The number of nitriles is 1. The number of nitrogens with one attached hydrogen (secondary N) is 1. The van der Waals surface area contributed by atoms with Crippen LogP contribution in [-0.2, 0) is 4.79 Å². The molecule has 0 heterocycles. The van der Waals surface area contributed by atoms with Crippen LogP contribution in [0.5, 0.6) is 0 Å². The lowest BCUT2D eigenvalue weighted by Gasteiger charge is -2.14. The third-order valence-electron chi connectivity index (χ3n) is 2.59. The average molecular weight is 292 g/mol. The fourth-order valence-electron chi connectivity index (χ4n) is 1.60. The Morgan fingerprint density at radius 2 is 2.15 bits per heavy atom. The molecule has 0 spiro atoms. The number of carbonyl (C=O) groups is 2. The molecule has 1 amide bonds. The van der Waals surface area contributed by atoms with Crippen LogP contribution < -0.4 is 5.32 Å². The number of carboxylic acids is 1. The minimum Gasteiger partial charge on any atom is -0.481 e. The normalized spacial score (nSPS) is 11.4. The Balaban J connectivity index is 2.67. The lowest BCUT2D eigenvalue weighted by molar-refractivity contribution is -0.137. The van der Waals surface area contributed by atoms with Gasteiger partial charge in [0.1, 0.15) is 0 Å². The van der Waals surface area contributed by atoms with Gasteiger partial charge in [-0.1, -0.05) is 12.1 Å². The quantitative estimate of drug-likeness (QED) is 0.752. The summed E-state index contributed by atoms with van der Waals surface area (Å²) >= 11 is 1.30. The number of carboxylic acid groups (broad SMARTS) is 1. The summed E-state index contributed by atoms with van der Waals surface area (Å²) in [5.74, 6) is -0.848. The van der Waals surface area contributed by atoms with Crippen molar-refractivity contribution < 1.29 is 14.7 Å². The van der Waals surface area contributed by atoms with Gasteiger partial charge in [-0.25, -0.2) is 0 Å². The van der Waals surface area contributed by atoms with E-state index in [9.17, 15) is 9.59 Å². The molecule has 0 saturated carbocycles. The SMILES string of the molecule is CC(CCC(=O)O)NC(=O)c1ccccc1SCC#N. The minimum absolute atomic E-state index is 0.0201. The smallest absolute Gasteiger partial charge is 0.303 e. The summed E-state index contributed by atoms with van der Waals surface area (Å²) in [6, 6.07) is 8.86. The second-order valence-electron chi connectivity index (χ2n) is 4.25. The number of carbonyl (C=O) groups excluding carboxylic acids is 1. The maximum Gasteiger partial charge on any atom is 0.303 e. The zero-order valence-electron chi connectivity index (χ0n) is 11.1. The number of hydrogen-bond donors (Lipinski definition) is 2. The topological polar surface area (TPSA) is 90.2 Å². The first kappa shape index (κ1) is 16.1. The molecule has 0 saturated heterocycles. The van der Waals surface area contributed by atoms with Crippen LogP contribution in [0.4, 0.5) is 0 Å². The molecule has 0 bridgehead atoms. The first-order valence-corrected chi connectivity index (χ1v) is 7.14. The van der Waals surface area contributed by atoms with E-state index >= 15 is 0 Å². The molecule has 0 aromatic heterocycles. The van der Waals surface area contributed by atoms with Gasteiger partial charge in [0.15, 0.2) is 0 Å². The largest absolute Gasteiger partial charge is 0.481 e. The Morgan fingerprint density at radius 1 is 1.45 bits per heavy atom. The number of thioether (sulfide) groups is 1. The molecule has 0 radical (unpaired) electrons. The van der Waals surface area contributed by atoms with E-state index in [1.54, 1.807) is 25.1 Å². The molecule has 6 heteroatoms. The first-order valence-electron chi connectivity index (χ1n) is 6.16. The van der Waals surface area contributed by atoms with E-state index in [-0.39, 0.29) is 24.1 Å². The van der Waals surface area contributed by atoms with Gasteiger partial charge in [0.05, 0.1) is 17.4 Å². The molecule has 1 atom stereocenters. The molecule has 106 valence electrons. The molecule has 2 N–H and O–H groups in total. The van der Waals surface area contributed by atoms with Gasteiger partial charge in [-0.15, -0.1) is 11.8 Å². The highest BCUT2D eigenvalue weighted by Gasteiger charge is 2.14. The van der Waals surface area contributed by atoms with Crippen molar-refractivity contribution in [3.8, 4) is 6.07 Å². The van der Waals surface area contributed by atoms with Gasteiger partial charge in [0.2, 0.25) is 0 Å². The van der Waals surface area contributed by atoms with Crippen LogP contribution in [-0.4, -0.2) is 28.8 Å². The second-order valence-corrected chi connectivity index (χ2v) is 5.27. The van der Waals surface area contributed by atoms with Crippen molar-refractivity contribution in [2.75, 3.05) is 5.75 Å². The predicted molar refractivity (Wildman–Crippen MR) is 76.6 cm³/mol. The van der Waals surface area contributed by atoms with Crippen molar-refractivity contribution in [3.05, 3.63) is 29.8 Å². The number of amides is 1. The van der Waals surface area contributed by atoms with Gasteiger partial charge < -0.3 is 10.4 Å². The summed E-state index contributed by atoms with van der Waals surface area (Å²) in [7, 11) is 0. The zero-order chi connectivity index (χ0) is 15.0. The van der Waals surface area contributed by atoms with Crippen molar-refractivity contribution in [1.82, 2.24) is 5.32 Å². The van der Waals surface area contributed by atoms with Crippen molar-refractivity contribution in [2.45, 2.75) is 30.7 Å². The highest BCUT2D eigenvalue weighted by atomic mass is 32.2. The fraction of sp³-hybridized carbons (Fsp3) is 0.357. The standard InChI is InChI=1S/C14H16N2O3S/c1-10(6-7-13(17)18)16-14(19)11-4-2-3-5-12(11)20-9-8-15/h2-5,10H,6-7,9H2,1H3,(H,16,19)(H,17,18). The Labute approximate surface area is 122 Å².